The van der Waals surface area contributed by atoms with Crippen LogP contribution in [0.15, 0.2) is 40.0 Å². The Labute approximate surface area is 244 Å². The topological polar surface area (TPSA) is 95.6 Å². The van der Waals surface area contributed by atoms with Gasteiger partial charge in [-0.2, -0.15) is 5.26 Å². The summed E-state index contributed by atoms with van der Waals surface area (Å²) in [6, 6.07) is 11.6. The SMILES string of the molecule is CCCn1c(N2CCC(C(=O)OCC)CC2)c(C=C2SC(=S)N(C(C)c3ccccc3)C2=O)c(C)c(C#N)c1=O. The molecule has 0 saturated carbocycles. The van der Waals surface area contributed by atoms with E-state index in [1.807, 2.05) is 44.2 Å². The van der Waals surface area contributed by atoms with Gasteiger partial charge in [0.15, 0.2) is 0 Å². The molecule has 1 aromatic carbocycles. The number of hydrogen-bond acceptors (Lipinski definition) is 8. The van der Waals surface area contributed by atoms with Crippen LogP contribution in [0.25, 0.3) is 6.08 Å². The van der Waals surface area contributed by atoms with Crippen LogP contribution < -0.4 is 10.5 Å². The molecular weight excluding hydrogens is 544 g/mol. The standard InChI is InChI=1S/C30H34N4O4S2/c1-5-14-33-26(32-15-12-22(13-16-32)29(37)38-6-2)23(19(3)24(18-31)27(33)35)17-25-28(36)34(30(39)40-25)20(4)21-10-8-7-9-11-21/h7-11,17,20,22H,5-6,12-16H2,1-4H3. The quantitative estimate of drug-likeness (QED) is 0.240. The van der Waals surface area contributed by atoms with Gasteiger partial charge in [0.1, 0.15) is 21.8 Å². The molecule has 1 aromatic heterocycles. The number of aromatic nitrogens is 1. The van der Waals surface area contributed by atoms with Gasteiger partial charge in [-0.05, 0) is 57.2 Å². The van der Waals surface area contributed by atoms with Crippen LogP contribution in [0, 0.1) is 24.2 Å². The number of anilines is 1. The summed E-state index contributed by atoms with van der Waals surface area (Å²) >= 11 is 6.87. The molecule has 4 rings (SSSR count). The zero-order chi connectivity index (χ0) is 29.0. The smallest absolute Gasteiger partial charge is 0.309 e. The maximum Gasteiger partial charge on any atom is 0.309 e. The normalized spacial score (nSPS) is 17.8. The number of rotatable bonds is 8. The minimum atomic E-state index is -0.341. The van der Waals surface area contributed by atoms with E-state index >= 15 is 0 Å². The fraction of sp³-hybridized carbons (Fsp3) is 0.433. The van der Waals surface area contributed by atoms with Gasteiger partial charge in [-0.25, -0.2) is 0 Å². The molecule has 2 aromatic rings. The molecule has 10 heteroatoms. The van der Waals surface area contributed by atoms with Crippen molar-refractivity contribution in [1.29, 1.82) is 5.26 Å². The number of thiocarbonyl (C=S) groups is 1. The second kappa shape index (κ2) is 12.8. The highest BCUT2D eigenvalue weighted by molar-refractivity contribution is 8.26. The number of carbonyl (C=O) groups excluding carboxylic acids is 2. The van der Waals surface area contributed by atoms with Gasteiger partial charge in [-0.1, -0.05) is 61.2 Å². The molecule has 0 spiro atoms. The number of nitrogens with zero attached hydrogens (tertiary/aromatic N) is 4. The Balaban J connectivity index is 1.78. The number of nitriles is 1. The monoisotopic (exact) mass is 578 g/mol. The summed E-state index contributed by atoms with van der Waals surface area (Å²) in [6.45, 7) is 9.34. The highest BCUT2D eigenvalue weighted by Crippen LogP contribution is 2.40. The van der Waals surface area contributed by atoms with Gasteiger partial charge in [0, 0.05) is 25.2 Å². The molecule has 2 fully saturated rings. The third-order valence-electron chi connectivity index (χ3n) is 7.48. The summed E-state index contributed by atoms with van der Waals surface area (Å²) in [6.07, 6.45) is 3.66. The summed E-state index contributed by atoms with van der Waals surface area (Å²) in [5, 5.41) is 9.91. The van der Waals surface area contributed by atoms with Crippen LogP contribution in [0.1, 0.15) is 68.3 Å². The largest absolute Gasteiger partial charge is 0.466 e. The Morgan fingerprint density at radius 2 is 1.90 bits per heavy atom. The summed E-state index contributed by atoms with van der Waals surface area (Å²) in [4.78, 5) is 43.7. The van der Waals surface area contributed by atoms with E-state index in [0.717, 1.165) is 5.56 Å². The number of pyridine rings is 1. The van der Waals surface area contributed by atoms with Crippen LogP contribution >= 0.6 is 24.0 Å². The minimum absolute atomic E-state index is 0.0676. The first kappa shape index (κ1) is 29.6. The average molecular weight is 579 g/mol. The summed E-state index contributed by atoms with van der Waals surface area (Å²) in [7, 11) is 0. The van der Waals surface area contributed by atoms with Gasteiger partial charge in [-0.3, -0.25) is 23.9 Å². The Hall–Kier alpha value is -3.42. The molecule has 40 heavy (non-hydrogen) atoms. The fourth-order valence-electron chi connectivity index (χ4n) is 5.33. The summed E-state index contributed by atoms with van der Waals surface area (Å²) in [5.74, 6) is 0.0817. The Kier molecular flexibility index (Phi) is 9.48. The number of amides is 1. The number of hydrogen-bond donors (Lipinski definition) is 0. The van der Waals surface area contributed by atoms with Crippen LogP contribution in [0.2, 0.25) is 0 Å². The van der Waals surface area contributed by atoms with Crippen molar-refractivity contribution in [2.75, 3.05) is 24.6 Å². The van der Waals surface area contributed by atoms with Crippen molar-refractivity contribution in [3.05, 3.63) is 67.8 Å². The minimum Gasteiger partial charge on any atom is -0.466 e. The number of ether oxygens (including phenoxy) is 1. The molecule has 0 N–H and O–H groups in total. The van der Waals surface area contributed by atoms with E-state index in [1.54, 1.807) is 29.4 Å². The maximum absolute atomic E-state index is 13.7. The molecule has 3 heterocycles. The van der Waals surface area contributed by atoms with Gasteiger partial charge >= 0.3 is 5.97 Å². The van der Waals surface area contributed by atoms with Crippen molar-refractivity contribution in [2.45, 2.75) is 59.5 Å². The van der Waals surface area contributed by atoms with Gasteiger partial charge in [-0.15, -0.1) is 0 Å². The predicted molar refractivity (Wildman–Crippen MR) is 162 cm³/mol. The molecule has 0 bridgehead atoms. The van der Waals surface area contributed by atoms with E-state index in [0.29, 0.717) is 71.7 Å². The molecule has 0 radical (unpaired) electrons. The summed E-state index contributed by atoms with van der Waals surface area (Å²) in [5.41, 5.74) is 1.89. The molecule has 8 nitrogen and oxygen atoms in total. The molecule has 2 aliphatic rings. The Bertz CT molecular complexity index is 1440. The fourth-order valence-corrected chi connectivity index (χ4v) is 6.73. The number of piperidine rings is 1. The molecular formula is C30H34N4O4S2. The van der Waals surface area contributed by atoms with E-state index < -0.39 is 0 Å². The lowest BCUT2D eigenvalue weighted by Gasteiger charge is -2.35. The number of benzene rings is 1. The predicted octanol–water partition coefficient (Wildman–Crippen LogP) is 5.18. The van der Waals surface area contributed by atoms with Crippen molar-refractivity contribution >= 4 is 52.1 Å². The molecule has 2 aliphatic heterocycles. The lowest BCUT2D eigenvalue weighted by molar-refractivity contribution is -0.148. The summed E-state index contributed by atoms with van der Waals surface area (Å²) < 4.78 is 7.34. The van der Waals surface area contributed by atoms with E-state index in [2.05, 4.69) is 11.0 Å². The number of thioether (sulfide) groups is 1. The first-order chi connectivity index (χ1) is 19.2. The van der Waals surface area contributed by atoms with Crippen molar-refractivity contribution in [3.63, 3.8) is 0 Å². The van der Waals surface area contributed by atoms with Crippen molar-refractivity contribution < 1.29 is 14.3 Å². The zero-order valence-electron chi connectivity index (χ0n) is 23.3. The van der Waals surface area contributed by atoms with Gasteiger partial charge in [0.25, 0.3) is 11.5 Å². The number of esters is 1. The van der Waals surface area contributed by atoms with Gasteiger partial charge in [0.2, 0.25) is 0 Å². The molecule has 1 amide bonds. The highest BCUT2D eigenvalue weighted by atomic mass is 32.2. The second-order valence-corrected chi connectivity index (χ2v) is 11.6. The van der Waals surface area contributed by atoms with Crippen LogP contribution in [-0.2, 0) is 20.9 Å². The third kappa shape index (κ3) is 5.72. The maximum atomic E-state index is 13.7. The molecule has 210 valence electrons. The van der Waals surface area contributed by atoms with E-state index in [1.165, 1.54) is 11.8 Å². The van der Waals surface area contributed by atoms with E-state index in [9.17, 15) is 19.6 Å². The highest BCUT2D eigenvalue weighted by Gasteiger charge is 2.37. The third-order valence-corrected chi connectivity index (χ3v) is 8.81. The molecule has 1 atom stereocenters. The molecule has 0 aliphatic carbocycles. The van der Waals surface area contributed by atoms with Crippen LogP contribution in [-0.4, -0.2) is 45.4 Å². The Morgan fingerprint density at radius 1 is 1.23 bits per heavy atom. The Morgan fingerprint density at radius 3 is 2.50 bits per heavy atom. The molecule has 2 saturated heterocycles. The second-order valence-electron chi connectivity index (χ2n) is 9.96. The number of carbonyl (C=O) groups is 2. The zero-order valence-corrected chi connectivity index (χ0v) is 24.9. The lowest BCUT2D eigenvalue weighted by atomic mass is 9.95. The van der Waals surface area contributed by atoms with Crippen LogP contribution in [0.3, 0.4) is 0 Å². The van der Waals surface area contributed by atoms with Gasteiger partial charge in [0.05, 0.1) is 23.5 Å². The first-order valence-electron chi connectivity index (χ1n) is 13.6. The van der Waals surface area contributed by atoms with Crippen LogP contribution in [0.4, 0.5) is 5.82 Å². The van der Waals surface area contributed by atoms with E-state index in [4.69, 9.17) is 17.0 Å². The average Bonchev–Trinajstić information content (AvgIpc) is 3.24. The van der Waals surface area contributed by atoms with Crippen LogP contribution in [0.5, 0.6) is 0 Å². The first-order valence-corrected chi connectivity index (χ1v) is 14.9. The molecule has 1 unspecified atom stereocenters. The van der Waals surface area contributed by atoms with Crippen molar-refractivity contribution in [2.24, 2.45) is 5.92 Å². The van der Waals surface area contributed by atoms with Gasteiger partial charge < -0.3 is 9.64 Å². The lowest BCUT2D eigenvalue weighted by Crippen LogP contribution is -2.41. The van der Waals surface area contributed by atoms with E-state index in [-0.39, 0.29) is 35.0 Å². The van der Waals surface area contributed by atoms with Crippen molar-refractivity contribution in [3.8, 4) is 6.07 Å². The van der Waals surface area contributed by atoms with Crippen molar-refractivity contribution in [1.82, 2.24) is 9.47 Å².